The number of anilines is 1. The molecule has 1 fully saturated rings. The minimum atomic E-state index is -0.774. The van der Waals surface area contributed by atoms with Gasteiger partial charge in [-0.05, 0) is 47.5 Å². The number of amides is 1. The van der Waals surface area contributed by atoms with Gasteiger partial charge in [-0.25, -0.2) is 4.98 Å². The molecule has 12 heteroatoms. The van der Waals surface area contributed by atoms with E-state index in [-0.39, 0.29) is 28.5 Å². The molecule has 0 bridgehead atoms. The number of rotatable bonds is 5. The van der Waals surface area contributed by atoms with Crippen LogP contribution in [-0.2, 0) is 4.79 Å². The highest BCUT2D eigenvalue weighted by Crippen LogP contribution is 2.37. The zero-order valence-electron chi connectivity index (χ0n) is 15.8. The summed E-state index contributed by atoms with van der Waals surface area (Å²) >= 11 is 12.1. The maximum Gasteiger partial charge on any atom is 0.270 e. The van der Waals surface area contributed by atoms with Crippen LogP contribution in [0, 0.1) is 15.9 Å². The van der Waals surface area contributed by atoms with Gasteiger partial charge in [-0.3, -0.25) is 19.8 Å². The van der Waals surface area contributed by atoms with E-state index < -0.39 is 10.7 Å². The first-order chi connectivity index (χ1) is 15.3. The Balaban J connectivity index is 1.57. The van der Waals surface area contributed by atoms with E-state index in [1.807, 2.05) is 0 Å². The third kappa shape index (κ3) is 4.59. The summed E-state index contributed by atoms with van der Waals surface area (Å²) in [5.74, 6) is -1.19. The Labute approximate surface area is 194 Å². The molecule has 1 aliphatic rings. The van der Waals surface area contributed by atoms with E-state index >= 15 is 0 Å². The third-order valence-electron chi connectivity index (χ3n) is 4.17. The number of hydrogen-bond acceptors (Lipinski definition) is 8. The van der Waals surface area contributed by atoms with Crippen molar-refractivity contribution in [3.63, 3.8) is 0 Å². The van der Waals surface area contributed by atoms with Crippen molar-refractivity contribution in [2.75, 3.05) is 4.90 Å². The molecule has 1 amide bonds. The van der Waals surface area contributed by atoms with Crippen LogP contribution in [0.3, 0.4) is 0 Å². The van der Waals surface area contributed by atoms with E-state index in [0.29, 0.717) is 20.5 Å². The first kappa shape index (κ1) is 21.8. The molecule has 0 N–H and O–H groups in total. The molecule has 2 aromatic carbocycles. The van der Waals surface area contributed by atoms with E-state index in [4.69, 9.17) is 28.6 Å². The Morgan fingerprint density at radius 2 is 2.00 bits per heavy atom. The number of non-ortho nitro benzene ring substituents is 1. The smallest absolute Gasteiger partial charge is 0.270 e. The molecule has 1 saturated heterocycles. The maximum absolute atomic E-state index is 13.8. The number of halogens is 2. The Morgan fingerprint density at radius 1 is 1.25 bits per heavy atom. The molecule has 3 aromatic rings. The summed E-state index contributed by atoms with van der Waals surface area (Å²) in [7, 11) is 0. The summed E-state index contributed by atoms with van der Waals surface area (Å²) in [5, 5.41) is 10.7. The highest BCUT2D eigenvalue weighted by Gasteiger charge is 2.33. The fraction of sp³-hybridized carbons (Fsp3) is 0. The van der Waals surface area contributed by atoms with Crippen molar-refractivity contribution in [2.45, 2.75) is 0 Å². The molecular formula is C20H10ClFN4O4S2. The summed E-state index contributed by atoms with van der Waals surface area (Å²) in [5.41, 5.74) is 0.940. The molecular weight excluding hydrogens is 479 g/mol. The summed E-state index contributed by atoms with van der Waals surface area (Å²) < 4.78 is 19.6. The van der Waals surface area contributed by atoms with Gasteiger partial charge in [0.2, 0.25) is 11.1 Å². The number of ether oxygens (including phenoxy) is 1. The second-order valence-corrected chi connectivity index (χ2v) is 8.27. The number of thioether (sulfide) groups is 1. The van der Waals surface area contributed by atoms with E-state index in [9.17, 15) is 19.3 Å². The number of hydrogen-bond donors (Lipinski definition) is 0. The van der Waals surface area contributed by atoms with Crippen LogP contribution < -0.4 is 9.64 Å². The first-order valence-corrected chi connectivity index (χ1v) is 10.4. The van der Waals surface area contributed by atoms with Crippen molar-refractivity contribution in [3.05, 3.63) is 86.4 Å². The number of thiocarbonyl (C=S) groups is 1. The molecule has 0 aliphatic carbocycles. The minimum Gasteiger partial charge on any atom is -0.436 e. The molecule has 1 aromatic heterocycles. The van der Waals surface area contributed by atoms with Gasteiger partial charge < -0.3 is 4.74 Å². The van der Waals surface area contributed by atoms with Crippen LogP contribution >= 0.6 is 35.6 Å². The number of carbonyl (C=O) groups is 1. The average Bonchev–Trinajstić information content (AvgIpc) is 3.04. The number of nitro benzene ring substituents is 1. The standard InChI is InChI=1S/C20H10ClFN4O4S2/c21-19-23-10-15(22)17(24-19)30-14-3-1-2-11(8-14)9-16-18(27)25(20(31)32-16)12-4-6-13(7-5-12)26(28)29/h1-10H/b16-9-. The van der Waals surface area contributed by atoms with Crippen LogP contribution in [0.15, 0.2) is 59.6 Å². The Kier molecular flexibility index (Phi) is 6.12. The van der Waals surface area contributed by atoms with Gasteiger partial charge >= 0.3 is 0 Å². The topological polar surface area (TPSA) is 98.5 Å². The van der Waals surface area contributed by atoms with Gasteiger partial charge in [-0.2, -0.15) is 9.37 Å². The SMILES string of the molecule is O=C1/C(=C/c2cccc(Oc3nc(Cl)ncc3F)c2)SC(=S)N1c1ccc([N+](=O)[O-])cc1. The Hall–Kier alpha value is -3.41. The molecule has 0 atom stereocenters. The second kappa shape index (κ2) is 8.99. The average molecular weight is 489 g/mol. The molecule has 160 valence electrons. The van der Waals surface area contributed by atoms with E-state index in [1.54, 1.807) is 30.3 Å². The highest BCUT2D eigenvalue weighted by atomic mass is 35.5. The van der Waals surface area contributed by atoms with Crippen LogP contribution in [0.25, 0.3) is 6.08 Å². The first-order valence-electron chi connectivity index (χ1n) is 8.80. The quantitative estimate of drug-likeness (QED) is 0.155. The zero-order chi connectivity index (χ0) is 22.8. The normalized spacial score (nSPS) is 14.8. The van der Waals surface area contributed by atoms with E-state index in [0.717, 1.165) is 18.0 Å². The second-order valence-electron chi connectivity index (χ2n) is 6.26. The number of carbonyl (C=O) groups excluding carboxylic acids is 1. The fourth-order valence-electron chi connectivity index (χ4n) is 2.75. The predicted molar refractivity (Wildman–Crippen MR) is 122 cm³/mol. The summed E-state index contributed by atoms with van der Waals surface area (Å²) in [6.07, 6.45) is 2.51. The van der Waals surface area contributed by atoms with Crippen molar-refractivity contribution < 1.29 is 18.8 Å². The van der Waals surface area contributed by atoms with E-state index in [2.05, 4.69) is 9.97 Å². The lowest BCUT2D eigenvalue weighted by atomic mass is 10.2. The number of nitrogens with zero attached hydrogens (tertiary/aromatic N) is 4. The van der Waals surface area contributed by atoms with Crippen LogP contribution in [0.4, 0.5) is 15.8 Å². The van der Waals surface area contributed by atoms with Gasteiger partial charge in [0.05, 0.1) is 21.7 Å². The molecule has 0 saturated carbocycles. The molecule has 32 heavy (non-hydrogen) atoms. The van der Waals surface area contributed by atoms with Gasteiger partial charge in [0.25, 0.3) is 17.5 Å². The summed E-state index contributed by atoms with van der Waals surface area (Å²) in [6.45, 7) is 0. The van der Waals surface area contributed by atoms with Gasteiger partial charge in [-0.15, -0.1) is 0 Å². The van der Waals surface area contributed by atoms with Gasteiger partial charge in [0.1, 0.15) is 5.75 Å². The monoisotopic (exact) mass is 488 g/mol. The van der Waals surface area contributed by atoms with Crippen LogP contribution in [0.2, 0.25) is 5.28 Å². The van der Waals surface area contributed by atoms with Crippen LogP contribution in [0.5, 0.6) is 11.6 Å². The zero-order valence-corrected chi connectivity index (χ0v) is 18.2. The number of aromatic nitrogens is 2. The minimum absolute atomic E-state index is 0.0899. The Morgan fingerprint density at radius 3 is 2.72 bits per heavy atom. The predicted octanol–water partition coefficient (Wildman–Crippen LogP) is 5.38. The highest BCUT2D eigenvalue weighted by molar-refractivity contribution is 8.27. The van der Waals surface area contributed by atoms with Crippen molar-refractivity contribution in [1.29, 1.82) is 0 Å². The summed E-state index contributed by atoms with van der Waals surface area (Å²) in [6, 6.07) is 12.1. The number of nitro groups is 1. The van der Waals surface area contributed by atoms with Gasteiger partial charge in [0, 0.05) is 12.1 Å². The molecule has 4 rings (SSSR count). The van der Waals surface area contributed by atoms with Crippen molar-refractivity contribution >= 4 is 63.3 Å². The molecule has 2 heterocycles. The molecule has 0 unspecified atom stereocenters. The molecule has 8 nitrogen and oxygen atoms in total. The van der Waals surface area contributed by atoms with Crippen molar-refractivity contribution in [2.24, 2.45) is 0 Å². The van der Waals surface area contributed by atoms with Crippen LogP contribution in [-0.4, -0.2) is 25.1 Å². The maximum atomic E-state index is 13.8. The Bertz CT molecular complexity index is 1290. The lowest BCUT2D eigenvalue weighted by Gasteiger charge is -2.13. The molecule has 1 aliphatic heterocycles. The molecule has 0 spiro atoms. The number of benzene rings is 2. The van der Waals surface area contributed by atoms with Crippen LogP contribution in [0.1, 0.15) is 5.56 Å². The van der Waals surface area contributed by atoms with Crippen molar-refractivity contribution in [3.8, 4) is 11.6 Å². The lowest BCUT2D eigenvalue weighted by molar-refractivity contribution is -0.384. The van der Waals surface area contributed by atoms with Crippen molar-refractivity contribution in [1.82, 2.24) is 9.97 Å². The van der Waals surface area contributed by atoms with Gasteiger partial charge in [-0.1, -0.05) is 36.1 Å². The largest absolute Gasteiger partial charge is 0.436 e. The fourth-order valence-corrected chi connectivity index (χ4v) is 4.17. The van der Waals surface area contributed by atoms with Gasteiger partial charge in [0.15, 0.2) is 4.32 Å². The van der Waals surface area contributed by atoms with E-state index in [1.165, 1.54) is 29.2 Å². The third-order valence-corrected chi connectivity index (χ3v) is 5.65. The lowest BCUT2D eigenvalue weighted by Crippen LogP contribution is -2.27. The molecule has 0 radical (unpaired) electrons. The summed E-state index contributed by atoms with van der Waals surface area (Å²) in [4.78, 5) is 32.1.